The molecule has 2 unspecified atom stereocenters. The van der Waals surface area contributed by atoms with Crippen LogP contribution in [-0.4, -0.2) is 47.4 Å². The van der Waals surface area contributed by atoms with E-state index in [1.165, 1.54) is 405 Å². The minimum atomic E-state index is -0.664. The Hall–Kier alpha value is -1.40. The molecule has 3 N–H and O–H groups in total. The molecule has 0 aromatic heterocycles. The topological polar surface area (TPSA) is 95.9 Å². The summed E-state index contributed by atoms with van der Waals surface area (Å²) in [6, 6.07) is -0.541. The summed E-state index contributed by atoms with van der Waals surface area (Å²) < 4.78 is 5.51. The number of ether oxygens (including phenoxy) is 1. The van der Waals surface area contributed by atoms with Crippen LogP contribution in [0.4, 0.5) is 0 Å². The summed E-state index contributed by atoms with van der Waals surface area (Å²) in [6.45, 7) is 5.02. The predicted octanol–water partition coefficient (Wildman–Crippen LogP) is 27.1. The van der Waals surface area contributed by atoms with Crippen molar-refractivity contribution < 1.29 is 24.5 Å². The lowest BCUT2D eigenvalue weighted by Crippen LogP contribution is -2.45. The molecule has 2 atom stereocenters. The van der Waals surface area contributed by atoms with Gasteiger partial charge in [-0.15, -0.1) is 0 Å². The van der Waals surface area contributed by atoms with Gasteiger partial charge >= 0.3 is 5.97 Å². The second-order valence-electron chi connectivity index (χ2n) is 28.5. The van der Waals surface area contributed by atoms with Crippen LogP contribution in [-0.2, 0) is 14.3 Å². The lowest BCUT2D eigenvalue weighted by molar-refractivity contribution is -0.143. The van der Waals surface area contributed by atoms with Gasteiger partial charge in [0.05, 0.1) is 25.4 Å². The molecule has 0 bridgehead atoms. The number of esters is 1. The Kier molecular flexibility index (Phi) is 76.8. The van der Waals surface area contributed by atoms with Gasteiger partial charge in [-0.25, -0.2) is 0 Å². The molecule has 0 rings (SSSR count). The molecule has 0 saturated heterocycles. The first-order valence-corrected chi connectivity index (χ1v) is 40.9. The fourth-order valence-electron chi connectivity index (χ4n) is 13.3. The number of aliphatic hydroxyl groups excluding tert-OH is 2. The van der Waals surface area contributed by atoms with Crippen molar-refractivity contribution in [2.45, 2.75) is 488 Å². The van der Waals surface area contributed by atoms with Crippen LogP contribution >= 0.6 is 0 Å². The Balaban J connectivity index is 3.35. The number of amides is 1. The predicted molar refractivity (Wildman–Crippen MR) is 389 cm³/mol. The molecule has 0 aromatic carbocycles. The zero-order valence-electron chi connectivity index (χ0n) is 60.3. The van der Waals surface area contributed by atoms with Crippen LogP contribution in [0.3, 0.4) is 0 Å². The van der Waals surface area contributed by atoms with E-state index in [1.807, 2.05) is 0 Å². The number of allylic oxidation sites excluding steroid dienone is 2. The van der Waals surface area contributed by atoms with E-state index in [4.69, 9.17) is 4.74 Å². The van der Waals surface area contributed by atoms with Gasteiger partial charge in [-0.05, 0) is 51.4 Å². The molecule has 0 aliphatic rings. The molecule has 0 fully saturated rings. The highest BCUT2D eigenvalue weighted by atomic mass is 16.5. The molecule has 6 heteroatoms. The Morgan fingerprint density at radius 1 is 0.307 bits per heavy atom. The molecule has 0 aliphatic carbocycles. The van der Waals surface area contributed by atoms with Crippen LogP contribution in [0.25, 0.3) is 0 Å². The monoisotopic (exact) mass is 1240 g/mol. The van der Waals surface area contributed by atoms with Gasteiger partial charge in [0.1, 0.15) is 0 Å². The molecule has 88 heavy (non-hydrogen) atoms. The fourth-order valence-corrected chi connectivity index (χ4v) is 13.3. The number of rotatable bonds is 78. The second-order valence-corrected chi connectivity index (χ2v) is 28.5. The van der Waals surface area contributed by atoms with E-state index in [0.717, 1.165) is 38.5 Å². The quantitative estimate of drug-likeness (QED) is 0.0320. The van der Waals surface area contributed by atoms with Crippen molar-refractivity contribution in [2.24, 2.45) is 0 Å². The fraction of sp³-hybridized carbons (Fsp3) is 0.951. The van der Waals surface area contributed by atoms with Crippen LogP contribution in [0.15, 0.2) is 12.2 Å². The molecular formula is C82H161NO5. The van der Waals surface area contributed by atoms with Crippen molar-refractivity contribution in [3.05, 3.63) is 12.2 Å². The third-order valence-corrected chi connectivity index (χ3v) is 19.6. The number of unbranched alkanes of at least 4 members (excludes halogenated alkanes) is 65. The van der Waals surface area contributed by atoms with Crippen molar-refractivity contribution in [1.29, 1.82) is 0 Å². The average Bonchev–Trinajstić information content (AvgIpc) is 3.58. The summed E-state index contributed by atoms with van der Waals surface area (Å²) in [7, 11) is 0. The van der Waals surface area contributed by atoms with Crippen molar-refractivity contribution in [1.82, 2.24) is 5.32 Å². The first-order valence-electron chi connectivity index (χ1n) is 40.9. The molecule has 0 spiro atoms. The zero-order chi connectivity index (χ0) is 63.5. The third-order valence-electron chi connectivity index (χ3n) is 19.6. The van der Waals surface area contributed by atoms with Crippen LogP contribution in [0, 0.1) is 0 Å². The molecular weight excluding hydrogens is 1080 g/mol. The minimum Gasteiger partial charge on any atom is -0.466 e. The molecule has 0 saturated carbocycles. The highest BCUT2D eigenvalue weighted by molar-refractivity contribution is 5.76. The maximum atomic E-state index is 12.6. The van der Waals surface area contributed by atoms with E-state index >= 15 is 0 Å². The lowest BCUT2D eigenvalue weighted by Gasteiger charge is -2.22. The van der Waals surface area contributed by atoms with Gasteiger partial charge in [0.15, 0.2) is 0 Å². The van der Waals surface area contributed by atoms with Gasteiger partial charge in [-0.1, -0.05) is 424 Å². The van der Waals surface area contributed by atoms with Gasteiger partial charge in [0.25, 0.3) is 0 Å². The Labute approximate surface area is 552 Å². The molecule has 6 nitrogen and oxygen atoms in total. The average molecular weight is 1240 g/mol. The maximum Gasteiger partial charge on any atom is 0.305 e. The number of aliphatic hydroxyl groups is 2. The van der Waals surface area contributed by atoms with E-state index in [9.17, 15) is 19.8 Å². The Bertz CT molecular complexity index is 1340. The zero-order valence-corrected chi connectivity index (χ0v) is 60.3. The van der Waals surface area contributed by atoms with Crippen molar-refractivity contribution in [3.63, 3.8) is 0 Å². The molecule has 0 aliphatic heterocycles. The Morgan fingerprint density at radius 3 is 0.807 bits per heavy atom. The van der Waals surface area contributed by atoms with Gasteiger partial charge in [-0.2, -0.15) is 0 Å². The van der Waals surface area contributed by atoms with E-state index in [0.29, 0.717) is 25.9 Å². The lowest BCUT2D eigenvalue weighted by atomic mass is 10.0. The number of hydrogen-bond donors (Lipinski definition) is 3. The van der Waals surface area contributed by atoms with Crippen LogP contribution in [0.2, 0.25) is 0 Å². The molecule has 0 aromatic rings. The highest BCUT2D eigenvalue weighted by Crippen LogP contribution is 2.21. The number of nitrogens with one attached hydrogen (secondary N) is 1. The smallest absolute Gasteiger partial charge is 0.305 e. The number of carbonyl (C=O) groups excluding carboxylic acids is 2. The van der Waals surface area contributed by atoms with Gasteiger partial charge in [0, 0.05) is 12.8 Å². The van der Waals surface area contributed by atoms with Crippen LogP contribution < -0.4 is 5.32 Å². The van der Waals surface area contributed by atoms with E-state index in [2.05, 4.69) is 31.3 Å². The Morgan fingerprint density at radius 2 is 0.534 bits per heavy atom. The van der Waals surface area contributed by atoms with Gasteiger partial charge in [-0.3, -0.25) is 9.59 Å². The van der Waals surface area contributed by atoms with Crippen molar-refractivity contribution >= 4 is 11.9 Å². The van der Waals surface area contributed by atoms with Crippen molar-refractivity contribution in [2.75, 3.05) is 13.2 Å². The highest BCUT2D eigenvalue weighted by Gasteiger charge is 2.20. The number of carbonyl (C=O) groups is 2. The minimum absolute atomic E-state index is 0.0221. The summed E-state index contributed by atoms with van der Waals surface area (Å²) in [5, 5.41) is 23.5. The van der Waals surface area contributed by atoms with Crippen molar-refractivity contribution in [3.8, 4) is 0 Å². The van der Waals surface area contributed by atoms with E-state index < -0.39 is 12.1 Å². The normalized spacial score (nSPS) is 12.5. The van der Waals surface area contributed by atoms with Crippen LogP contribution in [0.5, 0.6) is 0 Å². The number of hydrogen-bond acceptors (Lipinski definition) is 5. The van der Waals surface area contributed by atoms with Gasteiger partial charge in [0.2, 0.25) is 5.91 Å². The molecule has 0 heterocycles. The second kappa shape index (κ2) is 78.0. The molecule has 524 valence electrons. The third kappa shape index (κ3) is 73.6. The summed E-state index contributed by atoms with van der Waals surface area (Å²) in [5.74, 6) is -0.00494. The van der Waals surface area contributed by atoms with Crippen LogP contribution in [0.1, 0.15) is 476 Å². The SMILES string of the molecule is CCCCCCCCCCCCCCCCCCCCCCCCCCCC(O)C(CO)NC(=O)CCCCCCCCCCCCCCCC/C=C\CCCCCCCCCCCCCCOC(=O)CCCCCCCCCCCCCCCCCC. The summed E-state index contributed by atoms with van der Waals surface area (Å²) >= 11 is 0. The first kappa shape index (κ1) is 86.6. The molecule has 0 radical (unpaired) electrons. The summed E-state index contributed by atoms with van der Waals surface area (Å²) in [4.78, 5) is 24.7. The summed E-state index contributed by atoms with van der Waals surface area (Å²) in [6.07, 6.45) is 98.8. The summed E-state index contributed by atoms with van der Waals surface area (Å²) in [5.41, 5.74) is 0. The standard InChI is InChI=1S/C82H161NO5/c1-3-5-7-9-11-13-15-17-19-21-22-23-24-31-34-37-40-43-46-50-54-58-62-66-70-74-80(85)79(78-84)83-81(86)75-71-67-63-59-55-51-47-44-41-38-35-32-29-27-25-26-28-30-33-36-39-42-45-49-53-57-61-65-69-73-77-88-82(87)76-72-68-64-60-56-52-48-20-18-16-14-12-10-8-6-4-2/h26,28,79-80,84-85H,3-25,27,29-78H2,1-2H3,(H,83,86)/b28-26-. The van der Waals surface area contributed by atoms with E-state index in [1.54, 1.807) is 0 Å². The largest absolute Gasteiger partial charge is 0.466 e. The maximum absolute atomic E-state index is 12.6. The molecule has 1 amide bonds. The first-order chi connectivity index (χ1) is 43.5. The van der Waals surface area contributed by atoms with E-state index in [-0.39, 0.29) is 18.5 Å². The van der Waals surface area contributed by atoms with Gasteiger partial charge < -0.3 is 20.3 Å².